The van der Waals surface area contributed by atoms with E-state index < -0.39 is 0 Å². The Morgan fingerprint density at radius 2 is 1.78 bits per heavy atom. The molecule has 0 bridgehead atoms. The number of amides is 2. The largest absolute Gasteiger partial charge is 0.377 e. The second-order valence-electron chi connectivity index (χ2n) is 8.14. The highest BCUT2D eigenvalue weighted by molar-refractivity contribution is 14.0. The third-order valence-corrected chi connectivity index (χ3v) is 5.40. The Balaban J connectivity index is 0.00000364. The summed E-state index contributed by atoms with van der Waals surface area (Å²) in [6.45, 7) is 5.36. The molecule has 8 nitrogen and oxygen atoms in total. The van der Waals surface area contributed by atoms with Gasteiger partial charge < -0.3 is 25.2 Å². The van der Waals surface area contributed by atoms with Gasteiger partial charge in [0.2, 0.25) is 11.8 Å². The standard InChI is InChI=1S/C18H33N5O3.HI/c1-18(2)15(12-8-7-9-26-16(12)18)21-17(19-10-13(24)22(3)4)20-11-14(25)23(5)6;/h12,15-16H,7-11H2,1-6H3,(H2,19,20,21);1H. The van der Waals surface area contributed by atoms with E-state index in [0.29, 0.717) is 11.9 Å². The lowest BCUT2D eigenvalue weighted by molar-refractivity contribution is -0.188. The Morgan fingerprint density at radius 3 is 2.37 bits per heavy atom. The summed E-state index contributed by atoms with van der Waals surface area (Å²) in [4.78, 5) is 31.2. The van der Waals surface area contributed by atoms with Crippen molar-refractivity contribution in [2.75, 3.05) is 47.9 Å². The van der Waals surface area contributed by atoms with Crippen LogP contribution in [0, 0.1) is 11.3 Å². The van der Waals surface area contributed by atoms with Gasteiger partial charge in [-0.2, -0.15) is 0 Å². The molecule has 1 saturated carbocycles. The van der Waals surface area contributed by atoms with Crippen LogP contribution in [-0.4, -0.2) is 87.6 Å². The van der Waals surface area contributed by atoms with Gasteiger partial charge in [-0.3, -0.25) is 9.59 Å². The van der Waals surface area contributed by atoms with Crippen molar-refractivity contribution in [1.82, 2.24) is 20.4 Å². The van der Waals surface area contributed by atoms with Crippen LogP contribution < -0.4 is 10.6 Å². The summed E-state index contributed by atoms with van der Waals surface area (Å²) in [5.74, 6) is 0.791. The Labute approximate surface area is 179 Å². The summed E-state index contributed by atoms with van der Waals surface area (Å²) in [5.41, 5.74) is -0.0232. The van der Waals surface area contributed by atoms with Crippen LogP contribution in [0.5, 0.6) is 0 Å². The Hall–Kier alpha value is -1.10. The second kappa shape index (κ2) is 9.90. The van der Waals surface area contributed by atoms with E-state index in [9.17, 15) is 9.59 Å². The number of nitrogens with zero attached hydrogens (tertiary/aromatic N) is 3. The molecule has 1 aliphatic carbocycles. The summed E-state index contributed by atoms with van der Waals surface area (Å²) in [7, 11) is 6.82. The molecule has 0 spiro atoms. The highest BCUT2D eigenvalue weighted by atomic mass is 127. The molecule has 0 aromatic rings. The molecular formula is C18H34IN5O3. The van der Waals surface area contributed by atoms with Crippen molar-refractivity contribution in [3.8, 4) is 0 Å². The van der Waals surface area contributed by atoms with Crippen LogP contribution >= 0.6 is 24.0 Å². The van der Waals surface area contributed by atoms with Gasteiger partial charge in [0.05, 0.1) is 12.6 Å². The number of carbonyl (C=O) groups excluding carboxylic acids is 2. The summed E-state index contributed by atoms with van der Waals surface area (Å²) >= 11 is 0. The molecule has 9 heteroatoms. The molecule has 3 unspecified atom stereocenters. The van der Waals surface area contributed by atoms with Crippen molar-refractivity contribution < 1.29 is 14.3 Å². The maximum Gasteiger partial charge on any atom is 0.243 e. The molecule has 27 heavy (non-hydrogen) atoms. The van der Waals surface area contributed by atoms with Crippen LogP contribution in [0.4, 0.5) is 0 Å². The number of likely N-dealkylation sites (N-methyl/N-ethyl adjacent to an activating group) is 2. The van der Waals surface area contributed by atoms with Crippen LogP contribution in [0.2, 0.25) is 0 Å². The van der Waals surface area contributed by atoms with E-state index in [-0.39, 0.29) is 66.4 Å². The number of ether oxygens (including phenoxy) is 1. The lowest BCUT2D eigenvalue weighted by Crippen LogP contribution is -2.71. The molecule has 1 heterocycles. The van der Waals surface area contributed by atoms with Gasteiger partial charge in [-0.05, 0) is 12.8 Å². The fourth-order valence-corrected chi connectivity index (χ4v) is 3.72. The lowest BCUT2D eigenvalue weighted by Gasteiger charge is -2.60. The zero-order valence-electron chi connectivity index (χ0n) is 17.2. The summed E-state index contributed by atoms with van der Waals surface area (Å²) in [5, 5.41) is 6.51. The molecule has 2 amide bonds. The van der Waals surface area contributed by atoms with Crippen molar-refractivity contribution in [1.29, 1.82) is 0 Å². The van der Waals surface area contributed by atoms with Crippen molar-refractivity contribution >= 4 is 41.8 Å². The maximum absolute atomic E-state index is 11.9. The number of hydrogen-bond acceptors (Lipinski definition) is 4. The number of rotatable bonds is 5. The number of fused-ring (bicyclic) bond motifs is 1. The van der Waals surface area contributed by atoms with Crippen molar-refractivity contribution in [3.05, 3.63) is 0 Å². The van der Waals surface area contributed by atoms with Crippen LogP contribution in [0.15, 0.2) is 4.99 Å². The van der Waals surface area contributed by atoms with E-state index in [4.69, 9.17) is 4.74 Å². The number of halogens is 1. The topological polar surface area (TPSA) is 86.3 Å². The Kier molecular flexibility index (Phi) is 8.78. The predicted molar refractivity (Wildman–Crippen MR) is 116 cm³/mol. The molecule has 0 radical (unpaired) electrons. The monoisotopic (exact) mass is 495 g/mol. The van der Waals surface area contributed by atoms with Gasteiger partial charge in [0.25, 0.3) is 0 Å². The van der Waals surface area contributed by atoms with Crippen molar-refractivity contribution in [3.63, 3.8) is 0 Å². The highest BCUT2D eigenvalue weighted by Gasteiger charge is 2.58. The van der Waals surface area contributed by atoms with Gasteiger partial charge in [-0.1, -0.05) is 13.8 Å². The van der Waals surface area contributed by atoms with E-state index in [2.05, 4.69) is 29.5 Å². The lowest BCUT2D eigenvalue weighted by atomic mass is 9.55. The fourth-order valence-electron chi connectivity index (χ4n) is 3.72. The Bertz CT molecular complexity index is 565. The zero-order chi connectivity index (χ0) is 19.5. The number of aliphatic imine (C=N–C) groups is 1. The third-order valence-electron chi connectivity index (χ3n) is 5.40. The predicted octanol–water partition coefficient (Wildman–Crippen LogP) is 0.520. The summed E-state index contributed by atoms with van der Waals surface area (Å²) in [6, 6.07) is 0.197. The number of nitrogens with one attached hydrogen (secondary N) is 2. The maximum atomic E-state index is 11.9. The molecule has 2 aliphatic rings. The quantitative estimate of drug-likeness (QED) is 0.330. The SMILES string of the molecule is CN(C)C(=O)CN=C(NCC(=O)N(C)C)NC1C2CCCOC2C1(C)C.I. The smallest absolute Gasteiger partial charge is 0.243 e. The molecule has 2 fully saturated rings. The average Bonchev–Trinajstić information content (AvgIpc) is 2.59. The molecule has 0 aromatic heterocycles. The van der Waals surface area contributed by atoms with Gasteiger partial charge >= 0.3 is 0 Å². The van der Waals surface area contributed by atoms with E-state index in [0.717, 1.165) is 19.4 Å². The number of hydrogen-bond donors (Lipinski definition) is 2. The van der Waals surface area contributed by atoms with Crippen LogP contribution in [-0.2, 0) is 14.3 Å². The first-order chi connectivity index (χ1) is 12.1. The minimum absolute atomic E-state index is 0. The van der Waals surface area contributed by atoms with E-state index in [1.54, 1.807) is 28.2 Å². The summed E-state index contributed by atoms with van der Waals surface area (Å²) in [6.07, 6.45) is 2.43. The number of guanidine groups is 1. The molecule has 3 atom stereocenters. The van der Waals surface area contributed by atoms with E-state index in [1.165, 1.54) is 9.80 Å². The highest BCUT2D eigenvalue weighted by Crippen LogP contribution is 2.51. The third kappa shape index (κ3) is 5.69. The van der Waals surface area contributed by atoms with Gasteiger partial charge in [0.15, 0.2) is 5.96 Å². The first kappa shape index (κ1) is 23.9. The molecule has 2 rings (SSSR count). The molecule has 1 aliphatic heterocycles. The average molecular weight is 495 g/mol. The van der Waals surface area contributed by atoms with Crippen LogP contribution in [0.25, 0.3) is 0 Å². The minimum Gasteiger partial charge on any atom is -0.377 e. The normalized spacial score (nSPS) is 26.0. The minimum atomic E-state index is -0.0863. The molecule has 156 valence electrons. The first-order valence-electron chi connectivity index (χ1n) is 9.21. The fraction of sp³-hybridized carbons (Fsp3) is 0.833. The zero-order valence-corrected chi connectivity index (χ0v) is 19.6. The summed E-state index contributed by atoms with van der Waals surface area (Å²) < 4.78 is 5.94. The van der Waals surface area contributed by atoms with Gasteiger partial charge in [-0.25, -0.2) is 4.99 Å². The Morgan fingerprint density at radius 1 is 1.15 bits per heavy atom. The van der Waals surface area contributed by atoms with Crippen LogP contribution in [0.3, 0.4) is 0 Å². The molecule has 1 saturated heterocycles. The van der Waals surface area contributed by atoms with Crippen LogP contribution in [0.1, 0.15) is 26.7 Å². The molecule has 2 N–H and O–H groups in total. The molecule has 0 aromatic carbocycles. The van der Waals surface area contributed by atoms with Crippen molar-refractivity contribution in [2.24, 2.45) is 16.3 Å². The van der Waals surface area contributed by atoms with E-state index in [1.807, 2.05) is 0 Å². The van der Waals surface area contributed by atoms with Crippen molar-refractivity contribution in [2.45, 2.75) is 38.8 Å². The van der Waals surface area contributed by atoms with Gasteiger partial charge in [0.1, 0.15) is 6.54 Å². The molecular weight excluding hydrogens is 461 g/mol. The van der Waals surface area contributed by atoms with Gasteiger partial charge in [0, 0.05) is 52.2 Å². The van der Waals surface area contributed by atoms with Gasteiger partial charge in [-0.15, -0.1) is 24.0 Å². The second-order valence-corrected chi connectivity index (χ2v) is 8.14. The number of carbonyl (C=O) groups is 2. The van der Waals surface area contributed by atoms with E-state index >= 15 is 0 Å². The first-order valence-corrected chi connectivity index (χ1v) is 9.21.